The minimum absolute atomic E-state index is 0.283. The topological polar surface area (TPSA) is 48.4 Å². The lowest BCUT2D eigenvalue weighted by molar-refractivity contribution is 0.474. The molecule has 0 aliphatic heterocycles. The molecule has 0 atom stereocenters. The number of nitrogens with zero attached hydrogens (tertiary/aromatic N) is 1. The maximum Gasteiger partial charge on any atom is 0.124 e. The zero-order chi connectivity index (χ0) is 14.7. The summed E-state index contributed by atoms with van der Waals surface area (Å²) < 4.78 is 0. The smallest absolute Gasteiger partial charge is 0.124 e. The molecule has 1 heterocycles. The number of phenolic OH excluding ortho intramolecular Hbond substituents is 1. The van der Waals surface area contributed by atoms with E-state index in [4.69, 9.17) is 0 Å². The Morgan fingerprint density at radius 2 is 1.86 bits per heavy atom. The molecule has 3 rings (SSSR count). The van der Waals surface area contributed by atoms with Crippen LogP contribution in [0.1, 0.15) is 18.1 Å². The Labute approximate surface area is 124 Å². The van der Waals surface area contributed by atoms with Crippen molar-refractivity contribution < 1.29 is 5.11 Å². The van der Waals surface area contributed by atoms with Crippen LogP contribution in [0.15, 0.2) is 59.7 Å². The lowest BCUT2D eigenvalue weighted by atomic mass is 10.1. The number of hydrogen-bond donors (Lipinski definition) is 2. The molecule has 0 saturated carbocycles. The van der Waals surface area contributed by atoms with Gasteiger partial charge in [0.05, 0.1) is 0 Å². The number of rotatable bonds is 4. The minimum atomic E-state index is 0.283. The first-order valence-electron chi connectivity index (χ1n) is 7.10. The van der Waals surface area contributed by atoms with Crippen LogP contribution in [0.5, 0.6) is 5.75 Å². The van der Waals surface area contributed by atoms with Gasteiger partial charge >= 0.3 is 0 Å². The number of aromatic nitrogens is 1. The van der Waals surface area contributed by atoms with E-state index in [0.29, 0.717) is 6.54 Å². The van der Waals surface area contributed by atoms with E-state index < -0.39 is 0 Å². The van der Waals surface area contributed by atoms with Crippen LogP contribution in [-0.4, -0.2) is 22.3 Å². The summed E-state index contributed by atoms with van der Waals surface area (Å²) >= 11 is 0. The van der Waals surface area contributed by atoms with E-state index in [-0.39, 0.29) is 5.75 Å². The minimum Gasteiger partial charge on any atom is -0.507 e. The van der Waals surface area contributed by atoms with Crippen molar-refractivity contribution in [3.8, 4) is 5.75 Å². The van der Waals surface area contributed by atoms with Gasteiger partial charge in [-0.1, -0.05) is 30.3 Å². The third kappa shape index (κ3) is 2.82. The summed E-state index contributed by atoms with van der Waals surface area (Å²) in [6, 6.07) is 15.6. The van der Waals surface area contributed by atoms with Crippen molar-refractivity contribution in [2.75, 3.05) is 6.54 Å². The second-order valence-corrected chi connectivity index (χ2v) is 5.09. The number of phenols is 1. The molecule has 0 fully saturated rings. The molecule has 21 heavy (non-hydrogen) atoms. The van der Waals surface area contributed by atoms with Gasteiger partial charge in [-0.25, -0.2) is 0 Å². The predicted molar refractivity (Wildman–Crippen MR) is 87.2 cm³/mol. The molecule has 0 aliphatic rings. The fourth-order valence-corrected chi connectivity index (χ4v) is 2.55. The summed E-state index contributed by atoms with van der Waals surface area (Å²) in [5.41, 5.74) is 4.11. The van der Waals surface area contributed by atoms with Crippen molar-refractivity contribution >= 4 is 16.6 Å². The second-order valence-electron chi connectivity index (χ2n) is 5.09. The predicted octanol–water partition coefficient (Wildman–Crippen LogP) is 3.93. The van der Waals surface area contributed by atoms with E-state index in [1.807, 2.05) is 31.2 Å². The molecule has 3 aromatic rings. The van der Waals surface area contributed by atoms with Crippen molar-refractivity contribution in [2.24, 2.45) is 4.99 Å². The number of fused-ring (bicyclic) bond motifs is 1. The van der Waals surface area contributed by atoms with Crippen LogP contribution in [0.3, 0.4) is 0 Å². The molecule has 0 radical (unpaired) electrons. The first kappa shape index (κ1) is 13.4. The number of H-pyrrole nitrogens is 1. The van der Waals surface area contributed by atoms with Crippen LogP contribution in [0.25, 0.3) is 10.9 Å². The van der Waals surface area contributed by atoms with E-state index in [1.54, 1.807) is 6.07 Å². The second kappa shape index (κ2) is 5.83. The number of nitrogens with one attached hydrogen (secondary N) is 1. The molecule has 2 aromatic carbocycles. The summed E-state index contributed by atoms with van der Waals surface area (Å²) in [6.07, 6.45) is 2.93. The Hall–Kier alpha value is -2.55. The number of aliphatic imine (C=N–C) groups is 1. The normalized spacial score (nSPS) is 12.0. The Kier molecular flexibility index (Phi) is 3.73. The van der Waals surface area contributed by atoms with Gasteiger partial charge in [-0.15, -0.1) is 0 Å². The third-order valence-corrected chi connectivity index (χ3v) is 3.70. The Morgan fingerprint density at radius 3 is 2.71 bits per heavy atom. The monoisotopic (exact) mass is 278 g/mol. The van der Waals surface area contributed by atoms with Crippen LogP contribution in [0, 0.1) is 0 Å². The first-order valence-corrected chi connectivity index (χ1v) is 7.10. The molecule has 3 nitrogen and oxygen atoms in total. The SMILES string of the molecule is CC(=NCCc1c[nH]c2ccccc12)c1ccccc1O. The van der Waals surface area contributed by atoms with Gasteiger partial charge in [0.2, 0.25) is 0 Å². The molecule has 2 N–H and O–H groups in total. The van der Waals surface area contributed by atoms with Gasteiger partial charge in [0.15, 0.2) is 0 Å². The highest BCUT2D eigenvalue weighted by molar-refractivity contribution is 6.01. The summed E-state index contributed by atoms with van der Waals surface area (Å²) in [4.78, 5) is 7.86. The van der Waals surface area contributed by atoms with E-state index in [1.165, 1.54) is 10.9 Å². The summed E-state index contributed by atoms with van der Waals surface area (Å²) in [5, 5.41) is 11.1. The fourth-order valence-electron chi connectivity index (χ4n) is 2.55. The Morgan fingerprint density at radius 1 is 1.10 bits per heavy atom. The number of aromatic hydroxyl groups is 1. The molecule has 0 saturated heterocycles. The average Bonchev–Trinajstić information content (AvgIpc) is 2.91. The van der Waals surface area contributed by atoms with Gasteiger partial charge in [-0.05, 0) is 37.1 Å². The summed E-state index contributed by atoms with van der Waals surface area (Å²) in [5.74, 6) is 0.283. The average molecular weight is 278 g/mol. The standard InChI is InChI=1S/C18H18N2O/c1-13(15-6-3-5-9-18(15)21)19-11-10-14-12-20-17-8-4-2-7-16(14)17/h2-9,12,20-21H,10-11H2,1H3. The number of aromatic amines is 1. The van der Waals surface area contributed by atoms with Gasteiger partial charge in [-0.2, -0.15) is 0 Å². The Balaban J connectivity index is 1.73. The number of hydrogen-bond acceptors (Lipinski definition) is 2. The molecule has 0 bridgehead atoms. The zero-order valence-electron chi connectivity index (χ0n) is 12.0. The zero-order valence-corrected chi connectivity index (χ0v) is 12.0. The largest absolute Gasteiger partial charge is 0.507 e. The van der Waals surface area contributed by atoms with Crippen LogP contribution in [0.2, 0.25) is 0 Å². The molecule has 0 spiro atoms. The van der Waals surface area contributed by atoms with E-state index >= 15 is 0 Å². The van der Waals surface area contributed by atoms with Crippen LogP contribution in [-0.2, 0) is 6.42 Å². The van der Waals surface area contributed by atoms with Crippen LogP contribution < -0.4 is 0 Å². The lowest BCUT2D eigenvalue weighted by Crippen LogP contribution is -1.98. The lowest BCUT2D eigenvalue weighted by Gasteiger charge is -2.04. The van der Waals surface area contributed by atoms with Crippen molar-refractivity contribution in [3.63, 3.8) is 0 Å². The molecule has 0 aliphatic carbocycles. The van der Waals surface area contributed by atoms with E-state index in [2.05, 4.69) is 34.4 Å². The van der Waals surface area contributed by atoms with Crippen molar-refractivity contribution in [1.29, 1.82) is 0 Å². The molecule has 106 valence electrons. The number of para-hydroxylation sites is 2. The quantitative estimate of drug-likeness (QED) is 0.698. The molecule has 3 heteroatoms. The molecular formula is C18H18N2O. The maximum absolute atomic E-state index is 9.82. The highest BCUT2D eigenvalue weighted by Gasteiger charge is 2.04. The summed E-state index contributed by atoms with van der Waals surface area (Å²) in [6.45, 7) is 2.65. The molecule has 1 aromatic heterocycles. The fraction of sp³-hybridized carbons (Fsp3) is 0.167. The highest BCUT2D eigenvalue weighted by atomic mass is 16.3. The van der Waals surface area contributed by atoms with Gasteiger partial charge in [0.1, 0.15) is 5.75 Å². The maximum atomic E-state index is 9.82. The molecule has 0 amide bonds. The van der Waals surface area contributed by atoms with Gasteiger partial charge in [0, 0.05) is 34.9 Å². The molecular weight excluding hydrogens is 260 g/mol. The van der Waals surface area contributed by atoms with Gasteiger partial charge in [-0.3, -0.25) is 4.99 Å². The first-order chi connectivity index (χ1) is 10.3. The van der Waals surface area contributed by atoms with Crippen LogP contribution >= 0.6 is 0 Å². The van der Waals surface area contributed by atoms with Gasteiger partial charge in [0.25, 0.3) is 0 Å². The Bertz CT molecular complexity index is 787. The third-order valence-electron chi connectivity index (χ3n) is 3.70. The van der Waals surface area contributed by atoms with Crippen molar-refractivity contribution in [1.82, 2.24) is 4.98 Å². The van der Waals surface area contributed by atoms with Crippen molar-refractivity contribution in [3.05, 3.63) is 65.9 Å². The van der Waals surface area contributed by atoms with E-state index in [0.717, 1.165) is 23.2 Å². The number of benzene rings is 2. The van der Waals surface area contributed by atoms with Crippen molar-refractivity contribution in [2.45, 2.75) is 13.3 Å². The highest BCUT2D eigenvalue weighted by Crippen LogP contribution is 2.19. The van der Waals surface area contributed by atoms with Crippen LogP contribution in [0.4, 0.5) is 0 Å². The van der Waals surface area contributed by atoms with E-state index in [9.17, 15) is 5.11 Å². The summed E-state index contributed by atoms with van der Waals surface area (Å²) in [7, 11) is 0. The van der Waals surface area contributed by atoms with Gasteiger partial charge < -0.3 is 10.1 Å². The molecule has 0 unspecified atom stereocenters.